The molecule has 1 saturated heterocycles. The zero-order chi connectivity index (χ0) is 35.8. The molecule has 14 nitrogen and oxygen atoms in total. The first-order valence-corrected chi connectivity index (χ1v) is 14.7. The highest BCUT2D eigenvalue weighted by molar-refractivity contribution is 6.13. The number of hydrogen-bond donors (Lipinski definition) is 4. The predicted molar refractivity (Wildman–Crippen MR) is 165 cm³/mol. The van der Waals surface area contributed by atoms with Crippen LogP contribution in [0.3, 0.4) is 0 Å². The molecule has 0 aliphatic carbocycles. The molecule has 17 heteroatoms. The maximum absolute atomic E-state index is 13.0. The second-order valence-electron chi connectivity index (χ2n) is 10.8. The lowest BCUT2D eigenvalue weighted by Gasteiger charge is -2.23. The number of carbonyl (C=O) groups excluding carboxylic acids is 5. The molecular formula is C32H30F3N5O9. The van der Waals surface area contributed by atoms with Crippen LogP contribution in [0, 0.1) is 0 Å². The van der Waals surface area contributed by atoms with Gasteiger partial charge in [0.05, 0.1) is 24.4 Å². The molecule has 0 bridgehead atoms. The van der Waals surface area contributed by atoms with Crippen molar-refractivity contribution in [3.05, 3.63) is 71.9 Å². The van der Waals surface area contributed by atoms with Gasteiger partial charge in [0.1, 0.15) is 29.9 Å². The number of nitrogens with zero attached hydrogens (tertiary/aromatic N) is 2. The van der Waals surface area contributed by atoms with Gasteiger partial charge in [-0.25, -0.2) is 14.6 Å². The third-order valence-electron chi connectivity index (χ3n) is 7.38. The Hall–Kier alpha value is -5.84. The number of nitrogens with one attached hydrogen (secondary N) is 2. The first kappa shape index (κ1) is 36.0. The molecule has 2 aliphatic rings. The molecule has 0 saturated carbocycles. The van der Waals surface area contributed by atoms with Crippen molar-refractivity contribution < 1.29 is 56.5 Å². The van der Waals surface area contributed by atoms with Crippen molar-refractivity contribution in [2.24, 2.45) is 0 Å². The molecule has 3 heterocycles. The van der Waals surface area contributed by atoms with Crippen LogP contribution in [0.15, 0.2) is 60.8 Å². The summed E-state index contributed by atoms with van der Waals surface area (Å²) >= 11 is 0. The van der Waals surface area contributed by atoms with Gasteiger partial charge in [-0.3, -0.25) is 19.8 Å². The van der Waals surface area contributed by atoms with Crippen molar-refractivity contribution in [1.82, 2.24) is 15.6 Å². The fourth-order valence-electron chi connectivity index (χ4n) is 4.80. The third kappa shape index (κ3) is 8.95. The normalized spacial score (nSPS) is 18.1. The maximum Gasteiger partial charge on any atom is 0.490 e. The van der Waals surface area contributed by atoms with E-state index in [-0.39, 0.29) is 30.5 Å². The van der Waals surface area contributed by atoms with E-state index in [0.29, 0.717) is 54.1 Å². The number of fused-ring (bicyclic) bond motifs is 1. The largest absolute Gasteiger partial charge is 0.490 e. The molecule has 5 rings (SSSR count). The molecule has 5 N–H and O–H groups in total. The van der Waals surface area contributed by atoms with E-state index < -0.39 is 29.7 Å². The quantitative estimate of drug-likeness (QED) is 0.0711. The van der Waals surface area contributed by atoms with E-state index in [2.05, 4.69) is 15.6 Å². The van der Waals surface area contributed by atoms with Crippen molar-refractivity contribution in [3.63, 3.8) is 0 Å². The topological polar surface area (TPSA) is 217 Å². The summed E-state index contributed by atoms with van der Waals surface area (Å²) in [6.45, 7) is 0.287. The van der Waals surface area contributed by atoms with Crippen LogP contribution < -0.4 is 30.7 Å². The molecule has 0 spiro atoms. The molecule has 2 unspecified atom stereocenters. The molecule has 3 aromatic rings. The average molecular weight is 686 g/mol. The number of carbonyl (C=O) groups is 6. The summed E-state index contributed by atoms with van der Waals surface area (Å²) in [7, 11) is 0. The fraction of sp³-hybridized carbons (Fsp3) is 0.281. The Labute approximate surface area is 276 Å². The Balaban J connectivity index is 0.000000698. The van der Waals surface area contributed by atoms with Crippen LogP contribution in [0.2, 0.25) is 0 Å². The summed E-state index contributed by atoms with van der Waals surface area (Å²) in [4.78, 5) is 74.8. The molecular weight excluding hydrogens is 655 g/mol. The smallest absolute Gasteiger partial charge is 0.490 e. The summed E-state index contributed by atoms with van der Waals surface area (Å²) in [5.74, 6) is -3.05. The number of hydrogen-bond acceptors (Lipinski definition) is 11. The number of benzene rings is 2. The highest BCUT2D eigenvalue weighted by Crippen LogP contribution is 2.34. The van der Waals surface area contributed by atoms with Gasteiger partial charge in [0, 0.05) is 18.3 Å². The Morgan fingerprint density at radius 2 is 1.82 bits per heavy atom. The zero-order valence-corrected chi connectivity index (χ0v) is 25.6. The number of amides is 2. The van der Waals surface area contributed by atoms with Gasteiger partial charge in [-0.05, 0) is 73.4 Å². The number of aliphatic carboxylic acids is 1. The zero-order valence-electron chi connectivity index (χ0n) is 25.6. The minimum Gasteiger partial charge on any atom is -0.490 e. The molecule has 49 heavy (non-hydrogen) atoms. The summed E-state index contributed by atoms with van der Waals surface area (Å²) in [6, 6.07) is 14.3. The Morgan fingerprint density at radius 3 is 2.45 bits per heavy atom. The predicted octanol–water partition coefficient (Wildman–Crippen LogP) is 2.51. The van der Waals surface area contributed by atoms with Gasteiger partial charge in [0.25, 0.3) is 11.8 Å². The van der Waals surface area contributed by atoms with Gasteiger partial charge in [0.2, 0.25) is 0 Å². The second kappa shape index (κ2) is 15.4. The summed E-state index contributed by atoms with van der Waals surface area (Å²) in [6.07, 6.45) is -0.228. The lowest BCUT2D eigenvalue weighted by atomic mass is 10.0. The van der Waals surface area contributed by atoms with E-state index in [1.807, 2.05) is 6.07 Å². The number of nitrogen functional groups attached to an aromatic ring is 1. The maximum atomic E-state index is 13.0. The SMILES string of the molecule is Nc1ncccc1OCCCCc1ccc2c(c1)C(=O)NCC(=O)N2c1ccc(OC(=O)C2NC2(C=O)CC=O)cc1.O=C(O)C(F)(F)F. The number of alkyl halides is 3. The first-order chi connectivity index (χ1) is 23.3. The molecule has 2 aliphatic heterocycles. The van der Waals surface area contributed by atoms with E-state index in [9.17, 15) is 37.1 Å². The van der Waals surface area contributed by atoms with Gasteiger partial charge in [0.15, 0.2) is 11.6 Å². The van der Waals surface area contributed by atoms with E-state index in [1.165, 1.54) is 17.0 Å². The van der Waals surface area contributed by atoms with Crippen molar-refractivity contribution in [2.75, 3.05) is 23.8 Å². The number of carboxylic acids is 1. The number of anilines is 3. The number of esters is 1. The first-order valence-electron chi connectivity index (χ1n) is 14.7. The summed E-state index contributed by atoms with van der Waals surface area (Å²) in [5.41, 5.74) is 6.80. The summed E-state index contributed by atoms with van der Waals surface area (Å²) in [5, 5.41) is 12.5. The number of nitrogens with two attached hydrogens (primary N) is 1. The van der Waals surface area contributed by atoms with Crippen LogP contribution in [0.4, 0.5) is 30.4 Å². The summed E-state index contributed by atoms with van der Waals surface area (Å²) < 4.78 is 42.8. The number of halogens is 3. The number of pyridine rings is 1. The lowest BCUT2D eigenvalue weighted by Crippen LogP contribution is -2.33. The number of aldehydes is 2. The molecule has 2 aromatic carbocycles. The van der Waals surface area contributed by atoms with Gasteiger partial charge >= 0.3 is 18.1 Å². The van der Waals surface area contributed by atoms with Crippen molar-refractivity contribution >= 4 is 53.5 Å². The molecule has 1 aromatic heterocycles. The number of ether oxygens (including phenoxy) is 2. The van der Waals surface area contributed by atoms with E-state index in [1.54, 1.807) is 42.6 Å². The Morgan fingerprint density at radius 1 is 1.10 bits per heavy atom. The second-order valence-corrected chi connectivity index (χ2v) is 10.8. The lowest BCUT2D eigenvalue weighted by molar-refractivity contribution is -0.192. The van der Waals surface area contributed by atoms with Crippen LogP contribution in [-0.2, 0) is 30.4 Å². The van der Waals surface area contributed by atoms with E-state index in [4.69, 9.17) is 25.1 Å². The monoisotopic (exact) mass is 685 g/mol. The average Bonchev–Trinajstić information content (AvgIpc) is 3.82. The minimum absolute atomic E-state index is 0.129. The van der Waals surface area contributed by atoms with Crippen molar-refractivity contribution in [1.29, 1.82) is 0 Å². The highest BCUT2D eigenvalue weighted by atomic mass is 19.4. The number of rotatable bonds is 12. The molecule has 258 valence electrons. The highest BCUT2D eigenvalue weighted by Gasteiger charge is 2.59. The van der Waals surface area contributed by atoms with Crippen LogP contribution in [0.25, 0.3) is 0 Å². The number of aryl methyl sites for hydroxylation is 1. The van der Waals surface area contributed by atoms with Crippen molar-refractivity contribution in [2.45, 2.75) is 43.4 Å². The van der Waals surface area contributed by atoms with Crippen LogP contribution in [0.1, 0.15) is 35.2 Å². The fourth-order valence-corrected chi connectivity index (χ4v) is 4.80. The van der Waals surface area contributed by atoms with E-state index >= 15 is 0 Å². The van der Waals surface area contributed by atoms with Gasteiger partial charge in [-0.2, -0.15) is 13.2 Å². The number of unbranched alkanes of at least 4 members (excludes halogenated alkanes) is 1. The van der Waals surface area contributed by atoms with Crippen molar-refractivity contribution in [3.8, 4) is 11.5 Å². The number of aromatic nitrogens is 1. The third-order valence-corrected chi connectivity index (χ3v) is 7.38. The Kier molecular flexibility index (Phi) is 11.3. The standard InChI is InChI=1S/C30H29N5O7.C2HF3O2/c31-27-24(5-3-13-32-27)41-15-2-1-4-19-6-11-23-22(16-19)28(39)33-17-25(38)35(23)20-7-9-21(10-8-20)42-29(40)26-30(18-37,34-26)12-14-36;3-2(4,5)1(6)7/h3,5-11,13-14,16,18,26,34H,1-2,4,12,15,17H2,(H2,31,32)(H,33,39);(H,6,7). The van der Waals surface area contributed by atoms with Gasteiger partial charge in [-0.15, -0.1) is 0 Å². The Bertz CT molecular complexity index is 1740. The minimum atomic E-state index is -5.08. The van der Waals surface area contributed by atoms with Gasteiger partial charge < -0.3 is 35.2 Å². The van der Waals surface area contributed by atoms with Crippen LogP contribution in [-0.4, -0.2) is 77.3 Å². The molecule has 0 radical (unpaired) electrons. The van der Waals surface area contributed by atoms with Gasteiger partial charge in [-0.1, -0.05) is 6.07 Å². The van der Waals surface area contributed by atoms with E-state index in [0.717, 1.165) is 18.4 Å². The number of carboxylic acid groups (broad SMARTS) is 1. The molecule has 1 fully saturated rings. The van der Waals surface area contributed by atoms with Crippen LogP contribution >= 0.6 is 0 Å². The van der Waals surface area contributed by atoms with Crippen LogP contribution in [0.5, 0.6) is 11.5 Å². The molecule has 2 amide bonds. The molecule has 2 atom stereocenters.